The quantitative estimate of drug-likeness (QED) is 0.876. The summed E-state index contributed by atoms with van der Waals surface area (Å²) < 4.78 is 11.6. The lowest BCUT2D eigenvalue weighted by Crippen LogP contribution is -2.45. The van der Waals surface area contributed by atoms with Crippen LogP contribution in [0, 0.1) is 5.41 Å². The molecular formula is C21H26N4O3. The number of fused-ring (bicyclic) bond motifs is 1. The van der Waals surface area contributed by atoms with Gasteiger partial charge >= 0.3 is 6.01 Å². The van der Waals surface area contributed by atoms with Crippen molar-refractivity contribution in [1.29, 1.82) is 0 Å². The van der Waals surface area contributed by atoms with Crippen molar-refractivity contribution >= 4 is 11.9 Å². The van der Waals surface area contributed by atoms with Crippen LogP contribution >= 0.6 is 0 Å². The largest absolute Gasteiger partial charge is 0.492 e. The molecule has 5 rings (SSSR count). The van der Waals surface area contributed by atoms with Gasteiger partial charge in [-0.1, -0.05) is 23.3 Å². The third kappa shape index (κ3) is 3.34. The second kappa shape index (κ2) is 6.79. The van der Waals surface area contributed by atoms with Crippen molar-refractivity contribution in [3.05, 3.63) is 35.7 Å². The van der Waals surface area contributed by atoms with Crippen molar-refractivity contribution in [2.75, 3.05) is 25.0 Å². The minimum Gasteiger partial charge on any atom is -0.492 e. The minimum atomic E-state index is -0.384. The van der Waals surface area contributed by atoms with Crippen LogP contribution < -0.4 is 10.1 Å². The molecular weight excluding hydrogens is 356 g/mol. The molecule has 0 bridgehead atoms. The van der Waals surface area contributed by atoms with Gasteiger partial charge in [0.05, 0.1) is 5.92 Å². The third-order valence-corrected chi connectivity index (χ3v) is 6.47. The Labute approximate surface area is 164 Å². The summed E-state index contributed by atoms with van der Waals surface area (Å²) in [5.74, 6) is 1.60. The number of nitrogens with zero attached hydrogens (tertiary/aromatic N) is 3. The first kappa shape index (κ1) is 17.5. The molecule has 1 saturated carbocycles. The molecule has 2 aromatic rings. The van der Waals surface area contributed by atoms with E-state index in [0.29, 0.717) is 23.9 Å². The maximum absolute atomic E-state index is 12.7. The van der Waals surface area contributed by atoms with Crippen LogP contribution in [-0.4, -0.2) is 46.7 Å². The van der Waals surface area contributed by atoms with Crippen LogP contribution in [0.4, 0.5) is 6.01 Å². The summed E-state index contributed by atoms with van der Waals surface area (Å²) in [5.41, 5.74) is 1.71. The molecule has 2 aliphatic heterocycles. The van der Waals surface area contributed by atoms with Gasteiger partial charge in [-0.3, -0.25) is 4.79 Å². The van der Waals surface area contributed by atoms with E-state index in [0.717, 1.165) is 43.7 Å². The monoisotopic (exact) mass is 382 g/mol. The number of anilines is 1. The first-order valence-corrected chi connectivity index (χ1v) is 10.2. The van der Waals surface area contributed by atoms with Gasteiger partial charge in [-0.25, -0.2) is 0 Å². The molecule has 1 N–H and O–H groups in total. The number of likely N-dealkylation sites (tertiary alicyclic amines) is 1. The Hall–Kier alpha value is -2.57. The molecule has 2 atom stereocenters. The lowest BCUT2D eigenvalue weighted by molar-refractivity contribution is -0.133. The van der Waals surface area contributed by atoms with E-state index in [1.807, 2.05) is 30.0 Å². The Balaban J connectivity index is 1.19. The molecule has 3 heterocycles. The second-order valence-corrected chi connectivity index (χ2v) is 8.46. The number of piperidine rings is 1. The number of hydrogen-bond acceptors (Lipinski definition) is 6. The number of hydrogen-bond donors (Lipinski definition) is 1. The average molecular weight is 382 g/mol. The van der Waals surface area contributed by atoms with E-state index in [4.69, 9.17) is 9.15 Å². The van der Waals surface area contributed by atoms with Gasteiger partial charge in [-0.2, -0.15) is 0 Å². The van der Waals surface area contributed by atoms with E-state index in [9.17, 15) is 4.79 Å². The van der Waals surface area contributed by atoms with Gasteiger partial charge in [0.15, 0.2) is 0 Å². The number of carbonyl (C=O) groups excluding carboxylic acids is 1. The van der Waals surface area contributed by atoms with Crippen LogP contribution in [0.1, 0.15) is 50.0 Å². The number of aromatic nitrogens is 2. The predicted octanol–water partition coefficient (Wildman–Crippen LogP) is 2.99. The maximum Gasteiger partial charge on any atom is 0.316 e. The van der Waals surface area contributed by atoms with Gasteiger partial charge in [-0.05, 0) is 56.1 Å². The highest BCUT2D eigenvalue weighted by Gasteiger charge is 2.45. The summed E-state index contributed by atoms with van der Waals surface area (Å²) in [6.07, 6.45) is 5.76. The molecule has 28 heavy (non-hydrogen) atoms. The molecule has 1 aliphatic carbocycles. The number of amides is 1. The topological polar surface area (TPSA) is 80.5 Å². The van der Waals surface area contributed by atoms with E-state index in [-0.39, 0.29) is 17.9 Å². The van der Waals surface area contributed by atoms with Crippen LogP contribution in [-0.2, 0) is 11.2 Å². The van der Waals surface area contributed by atoms with E-state index >= 15 is 0 Å². The normalized spacial score (nSPS) is 23.6. The van der Waals surface area contributed by atoms with E-state index < -0.39 is 0 Å². The van der Waals surface area contributed by atoms with Gasteiger partial charge < -0.3 is 19.4 Å². The second-order valence-electron chi connectivity index (χ2n) is 8.46. The summed E-state index contributed by atoms with van der Waals surface area (Å²) in [4.78, 5) is 14.7. The lowest BCUT2D eigenvalue weighted by atomic mass is 9.93. The van der Waals surface area contributed by atoms with E-state index in [1.54, 1.807) is 0 Å². The average Bonchev–Trinajstić information content (AvgIpc) is 3.31. The number of benzene rings is 1. The maximum atomic E-state index is 12.7. The zero-order valence-electron chi connectivity index (χ0n) is 16.2. The number of ether oxygens (including phenoxy) is 1. The number of para-hydroxylation sites is 1. The zero-order chi connectivity index (χ0) is 19.1. The van der Waals surface area contributed by atoms with Crippen LogP contribution in [0.3, 0.4) is 0 Å². The first-order chi connectivity index (χ1) is 13.6. The number of carbonyl (C=O) groups is 1. The van der Waals surface area contributed by atoms with E-state index in [2.05, 4.69) is 21.6 Å². The van der Waals surface area contributed by atoms with Gasteiger partial charge in [0.1, 0.15) is 18.4 Å². The van der Waals surface area contributed by atoms with Crippen LogP contribution in [0.5, 0.6) is 5.75 Å². The highest BCUT2D eigenvalue weighted by atomic mass is 16.5. The van der Waals surface area contributed by atoms with Crippen molar-refractivity contribution < 1.29 is 13.9 Å². The Morgan fingerprint density at radius 3 is 2.79 bits per heavy atom. The Bertz CT molecular complexity index is 866. The molecule has 1 aromatic heterocycles. The van der Waals surface area contributed by atoms with Crippen LogP contribution in [0.2, 0.25) is 0 Å². The fourth-order valence-corrected chi connectivity index (χ4v) is 4.34. The summed E-state index contributed by atoms with van der Waals surface area (Å²) in [6.45, 7) is 4.09. The zero-order valence-corrected chi connectivity index (χ0v) is 16.2. The molecule has 3 aliphatic rings. The molecule has 2 fully saturated rings. The Morgan fingerprint density at radius 1 is 1.21 bits per heavy atom. The highest BCUT2D eigenvalue weighted by molar-refractivity contribution is 5.83. The highest BCUT2D eigenvalue weighted by Crippen LogP contribution is 2.53. The summed E-state index contributed by atoms with van der Waals surface area (Å²) in [7, 11) is 0. The molecule has 7 nitrogen and oxygen atoms in total. The predicted molar refractivity (Wildman–Crippen MR) is 103 cm³/mol. The fourth-order valence-electron chi connectivity index (χ4n) is 4.34. The minimum absolute atomic E-state index is 0.0285. The van der Waals surface area contributed by atoms with Crippen molar-refractivity contribution in [3.8, 4) is 5.75 Å². The number of nitrogens with one attached hydrogen (secondary N) is 1. The molecule has 7 heteroatoms. The third-order valence-electron chi connectivity index (χ3n) is 6.47. The number of rotatable bonds is 4. The van der Waals surface area contributed by atoms with Crippen molar-refractivity contribution in [1.82, 2.24) is 15.1 Å². The fraction of sp³-hybridized carbons (Fsp3) is 0.571. The molecule has 1 aromatic carbocycles. The first-order valence-electron chi connectivity index (χ1n) is 10.2. The lowest BCUT2D eigenvalue weighted by Gasteiger charge is -2.33. The van der Waals surface area contributed by atoms with Crippen molar-refractivity contribution in [3.63, 3.8) is 0 Å². The molecule has 148 valence electrons. The summed E-state index contributed by atoms with van der Waals surface area (Å²) in [6, 6.07) is 7.92. The smallest absolute Gasteiger partial charge is 0.316 e. The molecule has 1 amide bonds. The van der Waals surface area contributed by atoms with E-state index in [1.165, 1.54) is 12.8 Å². The summed E-state index contributed by atoms with van der Waals surface area (Å²) >= 11 is 0. The molecule has 0 radical (unpaired) electrons. The Kier molecular flexibility index (Phi) is 4.25. The van der Waals surface area contributed by atoms with Crippen molar-refractivity contribution in [2.24, 2.45) is 5.41 Å². The Morgan fingerprint density at radius 2 is 2.00 bits per heavy atom. The van der Waals surface area contributed by atoms with Gasteiger partial charge in [0.2, 0.25) is 11.8 Å². The van der Waals surface area contributed by atoms with Gasteiger partial charge in [0.25, 0.3) is 0 Å². The molecule has 1 saturated heterocycles. The summed E-state index contributed by atoms with van der Waals surface area (Å²) in [5, 5.41) is 11.4. The van der Waals surface area contributed by atoms with Gasteiger partial charge in [0, 0.05) is 13.1 Å². The SMILES string of the molecule is CC(Nc1nnc(C2COc3ccccc3C2)o1)C(=O)N1CCC2(CC1)CC2. The van der Waals surface area contributed by atoms with Crippen LogP contribution in [0.15, 0.2) is 28.7 Å². The van der Waals surface area contributed by atoms with Gasteiger partial charge in [-0.15, -0.1) is 5.10 Å². The van der Waals surface area contributed by atoms with Crippen LogP contribution in [0.25, 0.3) is 0 Å². The molecule has 1 spiro atoms. The van der Waals surface area contributed by atoms with Crippen molar-refractivity contribution in [2.45, 2.75) is 51.0 Å². The standard InChI is InChI=1S/C21H26N4O3/c1-14(19(26)25-10-8-21(6-7-21)9-11-25)22-20-24-23-18(28-20)16-12-15-4-2-3-5-17(15)27-13-16/h2-5,14,16H,6-13H2,1H3,(H,22,24). The molecule has 2 unspecified atom stereocenters.